The summed E-state index contributed by atoms with van der Waals surface area (Å²) in [6.07, 6.45) is 19.0. The van der Waals surface area contributed by atoms with Crippen molar-refractivity contribution in [3.8, 4) is 0 Å². The molecule has 0 amide bonds. The van der Waals surface area contributed by atoms with Gasteiger partial charge in [-0.15, -0.1) is 0 Å². The summed E-state index contributed by atoms with van der Waals surface area (Å²) in [5, 5.41) is 0. The second-order valence-corrected chi connectivity index (χ2v) is 6.91. The zero-order valence-electron chi connectivity index (χ0n) is 16.3. The minimum absolute atomic E-state index is 0.109. The minimum Gasteiger partial charge on any atom is -0.491 e. The highest BCUT2D eigenvalue weighted by Crippen LogP contribution is 2.29. The van der Waals surface area contributed by atoms with Gasteiger partial charge in [-0.1, -0.05) is 77.3 Å². The molecular formula is C23H34O2. The van der Waals surface area contributed by atoms with Gasteiger partial charge in [-0.05, 0) is 36.5 Å². The van der Waals surface area contributed by atoms with E-state index < -0.39 is 0 Å². The van der Waals surface area contributed by atoms with Crippen molar-refractivity contribution in [2.45, 2.75) is 46.6 Å². The minimum atomic E-state index is -0.109. The van der Waals surface area contributed by atoms with Gasteiger partial charge in [0.25, 0.3) is 0 Å². The van der Waals surface area contributed by atoms with E-state index >= 15 is 0 Å². The zero-order chi connectivity index (χ0) is 18.7. The molecule has 0 aromatic carbocycles. The van der Waals surface area contributed by atoms with Crippen LogP contribution < -0.4 is 0 Å². The van der Waals surface area contributed by atoms with Crippen LogP contribution in [0.5, 0.6) is 0 Å². The maximum Gasteiger partial charge on any atom is 0.118 e. The Hall–Kier alpha value is -1.80. The summed E-state index contributed by atoms with van der Waals surface area (Å²) in [5.74, 6) is 1.41. The van der Waals surface area contributed by atoms with Crippen molar-refractivity contribution >= 4 is 0 Å². The summed E-state index contributed by atoms with van der Waals surface area (Å²) >= 11 is 0. The molecule has 2 nitrogen and oxygen atoms in total. The van der Waals surface area contributed by atoms with Gasteiger partial charge >= 0.3 is 0 Å². The Morgan fingerprint density at radius 3 is 2.36 bits per heavy atom. The first-order chi connectivity index (χ1) is 12.0. The van der Waals surface area contributed by atoms with E-state index in [0.717, 1.165) is 12.4 Å². The summed E-state index contributed by atoms with van der Waals surface area (Å²) in [6.45, 7) is 18.0. The summed E-state index contributed by atoms with van der Waals surface area (Å²) in [7, 11) is 0. The number of rotatable bonds is 12. The van der Waals surface area contributed by atoms with Crippen molar-refractivity contribution in [1.82, 2.24) is 0 Å². The molecule has 1 fully saturated rings. The first-order valence-electron chi connectivity index (χ1n) is 9.24. The number of hydrogen-bond donors (Lipinski definition) is 0. The summed E-state index contributed by atoms with van der Waals surface area (Å²) in [4.78, 5) is 0. The number of epoxide rings is 1. The molecule has 0 spiro atoms. The van der Waals surface area contributed by atoms with Gasteiger partial charge in [-0.2, -0.15) is 0 Å². The molecule has 1 aliphatic rings. The van der Waals surface area contributed by atoms with Gasteiger partial charge in [0, 0.05) is 5.41 Å². The Morgan fingerprint density at radius 1 is 1.16 bits per heavy atom. The molecule has 1 atom stereocenters. The van der Waals surface area contributed by atoms with Crippen molar-refractivity contribution in [3.63, 3.8) is 0 Å². The third-order valence-electron chi connectivity index (χ3n) is 4.48. The van der Waals surface area contributed by atoms with E-state index in [2.05, 4.69) is 65.2 Å². The highest BCUT2D eigenvalue weighted by Gasteiger charge is 2.23. The van der Waals surface area contributed by atoms with Crippen LogP contribution in [0.4, 0.5) is 0 Å². The van der Waals surface area contributed by atoms with Crippen LogP contribution in [0.1, 0.15) is 40.5 Å². The summed E-state index contributed by atoms with van der Waals surface area (Å²) in [6, 6.07) is 0. The topological polar surface area (TPSA) is 21.8 Å². The third-order valence-corrected chi connectivity index (χ3v) is 4.48. The van der Waals surface area contributed by atoms with Gasteiger partial charge < -0.3 is 9.47 Å². The van der Waals surface area contributed by atoms with E-state index in [-0.39, 0.29) is 11.5 Å². The van der Waals surface area contributed by atoms with Crippen LogP contribution in [-0.4, -0.2) is 19.3 Å². The van der Waals surface area contributed by atoms with Crippen molar-refractivity contribution in [2.24, 2.45) is 11.3 Å². The molecule has 1 aliphatic heterocycles. The van der Waals surface area contributed by atoms with Crippen LogP contribution in [-0.2, 0) is 9.47 Å². The molecule has 0 aromatic heterocycles. The van der Waals surface area contributed by atoms with Gasteiger partial charge in [-0.25, -0.2) is 0 Å². The Balaban J connectivity index is 2.73. The molecule has 0 aliphatic carbocycles. The van der Waals surface area contributed by atoms with E-state index in [4.69, 9.17) is 9.47 Å². The monoisotopic (exact) mass is 342 g/mol. The first-order valence-corrected chi connectivity index (χ1v) is 9.24. The van der Waals surface area contributed by atoms with Gasteiger partial charge in [-0.3, -0.25) is 0 Å². The molecule has 1 heterocycles. The number of allylic oxidation sites excluding steroid dienone is 9. The lowest BCUT2D eigenvalue weighted by Crippen LogP contribution is -2.09. The second kappa shape index (κ2) is 10.9. The van der Waals surface area contributed by atoms with Gasteiger partial charge in [0.05, 0.1) is 6.61 Å². The molecular weight excluding hydrogens is 308 g/mol. The van der Waals surface area contributed by atoms with Crippen molar-refractivity contribution in [2.75, 3.05) is 13.2 Å². The molecule has 1 rings (SSSR count). The average Bonchev–Trinajstić information content (AvgIpc) is 3.42. The molecule has 2 heteroatoms. The van der Waals surface area contributed by atoms with Crippen LogP contribution in [0, 0.1) is 11.3 Å². The van der Waals surface area contributed by atoms with Crippen LogP contribution in [0.3, 0.4) is 0 Å². The maximum atomic E-state index is 5.65. The zero-order valence-corrected chi connectivity index (χ0v) is 16.3. The van der Waals surface area contributed by atoms with Crippen LogP contribution in [0.25, 0.3) is 0 Å². The van der Waals surface area contributed by atoms with E-state index in [1.165, 1.54) is 18.4 Å². The Morgan fingerprint density at radius 2 is 1.84 bits per heavy atom. The SMILES string of the molecule is C=C/C(=C\C=C\C(C)(C)/C(C=C)=C/C=C/C(CC)CC)OCC1CO1. The average molecular weight is 343 g/mol. The lowest BCUT2D eigenvalue weighted by Gasteiger charge is -2.21. The lowest BCUT2D eigenvalue weighted by molar-refractivity contribution is 0.193. The van der Waals surface area contributed by atoms with Gasteiger partial charge in [0.1, 0.15) is 18.5 Å². The fraction of sp³-hybridized carbons (Fsp3) is 0.478. The standard InChI is InChI=1S/C23H34O2/c1-7-19(8-2)13-11-14-20(9-3)23(5,6)16-12-15-21(10-4)24-17-22-18-25-22/h9-16,19,22H,3-4,7-8,17-18H2,1-2,5-6H3/b13-11+,16-12+,20-14+,21-15+. The fourth-order valence-corrected chi connectivity index (χ4v) is 2.43. The Labute approximate surface area is 154 Å². The highest BCUT2D eigenvalue weighted by atomic mass is 16.6. The van der Waals surface area contributed by atoms with Crippen molar-refractivity contribution in [1.29, 1.82) is 0 Å². The van der Waals surface area contributed by atoms with E-state index in [9.17, 15) is 0 Å². The van der Waals surface area contributed by atoms with Crippen molar-refractivity contribution < 1.29 is 9.47 Å². The Bertz CT molecular complexity index is 538. The molecule has 0 N–H and O–H groups in total. The molecule has 0 saturated carbocycles. The molecule has 0 aromatic rings. The predicted octanol–water partition coefficient (Wildman–Crippen LogP) is 6.16. The third kappa shape index (κ3) is 8.22. The van der Waals surface area contributed by atoms with Crippen molar-refractivity contribution in [3.05, 3.63) is 73.1 Å². The molecule has 0 radical (unpaired) electrons. The Kier molecular flexibility index (Phi) is 9.30. The molecule has 1 saturated heterocycles. The van der Waals surface area contributed by atoms with Crippen LogP contribution >= 0.6 is 0 Å². The smallest absolute Gasteiger partial charge is 0.118 e. The molecule has 25 heavy (non-hydrogen) atoms. The molecule has 138 valence electrons. The van der Waals surface area contributed by atoms with Gasteiger partial charge in [0.15, 0.2) is 0 Å². The quantitative estimate of drug-likeness (QED) is 0.241. The lowest BCUT2D eigenvalue weighted by atomic mass is 9.83. The summed E-state index contributed by atoms with van der Waals surface area (Å²) < 4.78 is 10.8. The van der Waals surface area contributed by atoms with E-state index in [1.807, 2.05) is 18.2 Å². The summed E-state index contributed by atoms with van der Waals surface area (Å²) in [5.41, 5.74) is 1.08. The normalized spacial score (nSPS) is 19.0. The van der Waals surface area contributed by atoms with Crippen LogP contribution in [0.15, 0.2) is 73.1 Å². The maximum absolute atomic E-state index is 5.65. The van der Waals surface area contributed by atoms with Gasteiger partial charge in [0.2, 0.25) is 0 Å². The number of ether oxygens (including phenoxy) is 2. The fourth-order valence-electron chi connectivity index (χ4n) is 2.43. The molecule has 0 bridgehead atoms. The van der Waals surface area contributed by atoms with E-state index in [0.29, 0.717) is 12.5 Å². The van der Waals surface area contributed by atoms with Crippen LogP contribution in [0.2, 0.25) is 0 Å². The predicted molar refractivity (Wildman–Crippen MR) is 108 cm³/mol. The van der Waals surface area contributed by atoms with E-state index in [1.54, 1.807) is 6.08 Å². The first kappa shape index (κ1) is 21.2. The highest BCUT2D eigenvalue weighted by molar-refractivity contribution is 5.33. The largest absolute Gasteiger partial charge is 0.491 e. The molecule has 1 unspecified atom stereocenters. The second-order valence-electron chi connectivity index (χ2n) is 6.91. The number of hydrogen-bond acceptors (Lipinski definition) is 2.